The van der Waals surface area contributed by atoms with Crippen molar-refractivity contribution >= 4 is 39.9 Å². The lowest BCUT2D eigenvalue weighted by Crippen LogP contribution is -2.24. The lowest BCUT2D eigenvalue weighted by molar-refractivity contribution is -0.116. The van der Waals surface area contributed by atoms with E-state index in [1.54, 1.807) is 28.9 Å². The second-order valence-corrected chi connectivity index (χ2v) is 10.4. The van der Waals surface area contributed by atoms with E-state index in [9.17, 15) is 9.18 Å². The molecule has 0 unspecified atom stereocenters. The number of hydrogen-bond donors (Lipinski definition) is 2. The van der Waals surface area contributed by atoms with E-state index < -0.39 is 0 Å². The fourth-order valence-electron chi connectivity index (χ4n) is 4.19. The van der Waals surface area contributed by atoms with Gasteiger partial charge in [0.1, 0.15) is 30.3 Å². The Hall–Kier alpha value is -4.87. The standard InChI is InChI=1S/C31H30ClFN8O2/c1-40(2)14-4-7-30(42)34-13-12-24-18-41(39-38-24)25-9-10-28-26(17-25)31(36-20-35-28)37-23-8-11-29(27(32)16-23)43-19-21-5-3-6-22(33)15-21/h3-11,15-18,20H,12-14,19H2,1-2H3,(H,34,42)(H,35,36,37)/b7-4-. The molecule has 0 atom stereocenters. The molecular weight excluding hydrogens is 571 g/mol. The predicted octanol–water partition coefficient (Wildman–Crippen LogP) is 5.10. The molecule has 0 bridgehead atoms. The van der Waals surface area contributed by atoms with Gasteiger partial charge in [0.2, 0.25) is 5.91 Å². The van der Waals surface area contributed by atoms with Crippen molar-refractivity contribution in [3.05, 3.63) is 107 Å². The average Bonchev–Trinajstić information content (AvgIpc) is 3.45. The van der Waals surface area contributed by atoms with Crippen LogP contribution < -0.4 is 15.4 Å². The van der Waals surface area contributed by atoms with Crippen LogP contribution in [0.1, 0.15) is 11.3 Å². The third-order valence-electron chi connectivity index (χ3n) is 6.32. The summed E-state index contributed by atoms with van der Waals surface area (Å²) in [5.41, 5.74) is 3.67. The van der Waals surface area contributed by atoms with E-state index >= 15 is 0 Å². The molecule has 0 fully saturated rings. The maximum Gasteiger partial charge on any atom is 0.243 e. The highest BCUT2D eigenvalue weighted by atomic mass is 35.5. The number of benzene rings is 3. The minimum atomic E-state index is -0.318. The number of ether oxygens (including phenoxy) is 1. The van der Waals surface area contributed by atoms with Crippen molar-refractivity contribution in [1.29, 1.82) is 0 Å². The maximum absolute atomic E-state index is 13.5. The van der Waals surface area contributed by atoms with E-state index in [0.29, 0.717) is 47.4 Å². The SMILES string of the molecule is CN(C)C/C=C\C(=O)NCCc1cn(-c2ccc3ncnc(Nc4ccc(OCc5cccc(F)c5)c(Cl)c4)c3c2)nn1. The number of halogens is 2. The zero-order valence-electron chi connectivity index (χ0n) is 23.7. The minimum absolute atomic E-state index is 0.142. The third kappa shape index (κ3) is 8.12. The first-order chi connectivity index (χ1) is 20.8. The highest BCUT2D eigenvalue weighted by Gasteiger charge is 2.11. The molecule has 10 nitrogen and oxygen atoms in total. The van der Waals surface area contributed by atoms with Crippen molar-refractivity contribution in [3.63, 3.8) is 0 Å². The number of nitrogens with zero attached hydrogens (tertiary/aromatic N) is 6. The summed E-state index contributed by atoms with van der Waals surface area (Å²) in [4.78, 5) is 22.8. The van der Waals surface area contributed by atoms with Gasteiger partial charge in [0, 0.05) is 36.7 Å². The van der Waals surface area contributed by atoms with Crippen LogP contribution in [0.15, 0.2) is 85.3 Å². The van der Waals surface area contributed by atoms with E-state index in [-0.39, 0.29) is 18.3 Å². The first kappa shape index (κ1) is 29.6. The summed E-state index contributed by atoms with van der Waals surface area (Å²) >= 11 is 6.49. The number of anilines is 2. The van der Waals surface area contributed by atoms with Crippen LogP contribution in [0.25, 0.3) is 16.6 Å². The first-order valence-electron chi connectivity index (χ1n) is 13.5. The molecule has 1 amide bonds. The summed E-state index contributed by atoms with van der Waals surface area (Å²) in [5, 5.41) is 15.8. The molecule has 0 aliphatic heterocycles. The Morgan fingerprint density at radius 3 is 2.81 bits per heavy atom. The van der Waals surface area contributed by atoms with E-state index in [2.05, 4.69) is 30.9 Å². The van der Waals surface area contributed by atoms with Gasteiger partial charge in [0.15, 0.2) is 0 Å². The number of hydrogen-bond acceptors (Lipinski definition) is 8. The highest BCUT2D eigenvalue weighted by Crippen LogP contribution is 2.31. The second-order valence-electron chi connectivity index (χ2n) is 9.97. The summed E-state index contributed by atoms with van der Waals surface area (Å²) in [7, 11) is 3.88. The van der Waals surface area contributed by atoms with Crippen molar-refractivity contribution in [2.45, 2.75) is 13.0 Å². The molecule has 12 heteroatoms. The van der Waals surface area contributed by atoms with Crippen molar-refractivity contribution in [2.75, 3.05) is 32.5 Å². The van der Waals surface area contributed by atoms with Crippen molar-refractivity contribution in [2.24, 2.45) is 0 Å². The molecule has 0 saturated carbocycles. The lowest BCUT2D eigenvalue weighted by atomic mass is 10.2. The van der Waals surface area contributed by atoms with Crippen LogP contribution >= 0.6 is 11.6 Å². The normalized spacial score (nSPS) is 11.4. The van der Waals surface area contributed by atoms with E-state index in [0.717, 1.165) is 22.3 Å². The van der Waals surface area contributed by atoms with E-state index in [1.165, 1.54) is 24.5 Å². The molecule has 0 spiro atoms. The molecular formula is C31H30ClFN8O2. The zero-order valence-corrected chi connectivity index (χ0v) is 24.4. The van der Waals surface area contributed by atoms with Crippen molar-refractivity contribution < 1.29 is 13.9 Å². The molecule has 5 rings (SSSR count). The first-order valence-corrected chi connectivity index (χ1v) is 13.9. The number of likely N-dealkylation sites (N-methyl/N-ethyl adjacent to an activating group) is 1. The van der Waals surface area contributed by atoms with Gasteiger partial charge in [-0.05, 0) is 68.2 Å². The average molecular weight is 601 g/mol. The van der Waals surface area contributed by atoms with Crippen LogP contribution in [0, 0.1) is 5.82 Å². The number of carbonyl (C=O) groups is 1. The Bertz CT molecular complexity index is 1760. The zero-order chi connectivity index (χ0) is 30.2. The summed E-state index contributed by atoms with van der Waals surface area (Å²) in [6.07, 6.45) is 7.20. The highest BCUT2D eigenvalue weighted by molar-refractivity contribution is 6.32. The molecule has 0 aliphatic carbocycles. The molecule has 3 aromatic carbocycles. The van der Waals surface area contributed by atoms with Gasteiger partial charge in [-0.25, -0.2) is 19.0 Å². The van der Waals surface area contributed by atoms with Gasteiger partial charge in [0.05, 0.1) is 28.1 Å². The third-order valence-corrected chi connectivity index (χ3v) is 6.62. The molecule has 5 aromatic rings. The summed E-state index contributed by atoms with van der Waals surface area (Å²) in [6, 6.07) is 17.2. The molecule has 2 heterocycles. The van der Waals surface area contributed by atoms with Crippen molar-refractivity contribution in [3.8, 4) is 11.4 Å². The summed E-state index contributed by atoms with van der Waals surface area (Å²) < 4.78 is 20.9. The fourth-order valence-corrected chi connectivity index (χ4v) is 4.42. The Kier molecular flexibility index (Phi) is 9.55. The Labute approximate surface area is 253 Å². The molecule has 0 saturated heterocycles. The predicted molar refractivity (Wildman–Crippen MR) is 164 cm³/mol. The quantitative estimate of drug-likeness (QED) is 0.190. The van der Waals surface area contributed by atoms with Gasteiger partial charge in [-0.2, -0.15) is 0 Å². The number of nitrogens with one attached hydrogen (secondary N) is 2. The van der Waals surface area contributed by atoms with Crippen LogP contribution in [0.3, 0.4) is 0 Å². The smallest absolute Gasteiger partial charge is 0.243 e. The molecule has 0 radical (unpaired) electrons. The van der Waals surface area contributed by atoms with Gasteiger partial charge >= 0.3 is 0 Å². The summed E-state index contributed by atoms with van der Waals surface area (Å²) in [5.74, 6) is 0.604. The molecule has 2 aromatic heterocycles. The van der Waals surface area contributed by atoms with Crippen LogP contribution in [-0.2, 0) is 17.8 Å². The number of rotatable bonds is 12. The van der Waals surface area contributed by atoms with Crippen molar-refractivity contribution in [1.82, 2.24) is 35.2 Å². The largest absolute Gasteiger partial charge is 0.487 e. The van der Waals surface area contributed by atoms with Gasteiger partial charge in [-0.1, -0.05) is 35.0 Å². The minimum Gasteiger partial charge on any atom is -0.487 e. The Morgan fingerprint density at radius 2 is 2.00 bits per heavy atom. The molecule has 2 N–H and O–H groups in total. The molecule has 220 valence electrons. The number of carbonyl (C=O) groups excluding carboxylic acids is 1. The van der Waals surface area contributed by atoms with E-state index in [1.807, 2.05) is 55.5 Å². The number of fused-ring (bicyclic) bond motifs is 1. The monoisotopic (exact) mass is 600 g/mol. The second kappa shape index (κ2) is 13.9. The number of aromatic nitrogens is 5. The summed E-state index contributed by atoms with van der Waals surface area (Å²) in [6.45, 7) is 1.33. The van der Waals surface area contributed by atoms with Gasteiger partial charge < -0.3 is 20.3 Å². The Balaban J connectivity index is 1.24. The molecule has 0 aliphatic rings. The van der Waals surface area contributed by atoms with Crippen LogP contribution in [0.5, 0.6) is 5.75 Å². The maximum atomic E-state index is 13.5. The van der Waals surface area contributed by atoms with Gasteiger partial charge in [-0.3, -0.25) is 4.79 Å². The van der Waals surface area contributed by atoms with Crippen LogP contribution in [0.2, 0.25) is 5.02 Å². The van der Waals surface area contributed by atoms with Crippen LogP contribution in [-0.4, -0.2) is 63.0 Å². The lowest BCUT2D eigenvalue weighted by Gasteiger charge is -2.12. The van der Waals surface area contributed by atoms with Gasteiger partial charge in [0.25, 0.3) is 0 Å². The molecule has 43 heavy (non-hydrogen) atoms. The Morgan fingerprint density at radius 1 is 1.12 bits per heavy atom. The van der Waals surface area contributed by atoms with Crippen LogP contribution in [0.4, 0.5) is 15.9 Å². The fraction of sp³-hybridized carbons (Fsp3) is 0.194. The number of amides is 1. The van der Waals surface area contributed by atoms with Gasteiger partial charge in [-0.15, -0.1) is 5.10 Å². The van der Waals surface area contributed by atoms with E-state index in [4.69, 9.17) is 16.3 Å². The topological polar surface area (TPSA) is 110 Å².